The molecular formula is C11H15N3O5. The number of carboxylic acids is 2. The van der Waals surface area contributed by atoms with Gasteiger partial charge in [-0.15, -0.1) is 10.2 Å². The van der Waals surface area contributed by atoms with Crippen LogP contribution < -0.4 is 0 Å². The number of rotatable bonds is 4. The van der Waals surface area contributed by atoms with E-state index in [1.807, 2.05) is 4.90 Å². The minimum Gasteiger partial charge on any atom is -0.481 e. The quantitative estimate of drug-likeness (QED) is 0.783. The molecule has 2 N–H and O–H groups in total. The highest BCUT2D eigenvalue weighted by molar-refractivity contribution is 5.80. The van der Waals surface area contributed by atoms with Gasteiger partial charge in [0.2, 0.25) is 11.8 Å². The molecular weight excluding hydrogens is 254 g/mol. The summed E-state index contributed by atoms with van der Waals surface area (Å²) in [5.41, 5.74) is 0. The Morgan fingerprint density at radius 2 is 2.00 bits per heavy atom. The standard InChI is InChI=1S/C11H15N3O5/c1-6-12-13-9(19-6)5-14-3-2-7(10(15)16)8(4-14)11(17)18/h7-8H,2-5H2,1H3,(H,15,16)(H,17,18). The largest absolute Gasteiger partial charge is 0.481 e. The predicted molar refractivity (Wildman–Crippen MR) is 61.2 cm³/mol. The van der Waals surface area contributed by atoms with Gasteiger partial charge in [0.25, 0.3) is 0 Å². The van der Waals surface area contributed by atoms with Crippen molar-refractivity contribution in [3.63, 3.8) is 0 Å². The Labute approximate surface area is 109 Å². The number of nitrogens with zero attached hydrogens (tertiary/aromatic N) is 3. The Balaban J connectivity index is 2.02. The molecule has 0 aromatic carbocycles. The van der Waals surface area contributed by atoms with Gasteiger partial charge in [-0.1, -0.05) is 0 Å². The zero-order valence-electron chi connectivity index (χ0n) is 10.4. The third-order valence-electron chi connectivity index (χ3n) is 3.26. The van der Waals surface area contributed by atoms with Crippen LogP contribution in [0.2, 0.25) is 0 Å². The fourth-order valence-electron chi connectivity index (χ4n) is 2.30. The third-order valence-corrected chi connectivity index (χ3v) is 3.26. The van der Waals surface area contributed by atoms with E-state index in [0.717, 1.165) is 0 Å². The fraction of sp³-hybridized carbons (Fsp3) is 0.636. The van der Waals surface area contributed by atoms with Crippen molar-refractivity contribution in [3.8, 4) is 0 Å². The van der Waals surface area contributed by atoms with Crippen molar-refractivity contribution < 1.29 is 24.2 Å². The van der Waals surface area contributed by atoms with E-state index in [4.69, 9.17) is 14.6 Å². The van der Waals surface area contributed by atoms with E-state index in [2.05, 4.69) is 10.2 Å². The highest BCUT2D eigenvalue weighted by atomic mass is 16.4. The van der Waals surface area contributed by atoms with Crippen LogP contribution in [0.3, 0.4) is 0 Å². The predicted octanol–water partition coefficient (Wildman–Crippen LogP) is -0.0147. The molecule has 2 unspecified atom stereocenters. The Hall–Kier alpha value is -1.96. The summed E-state index contributed by atoms with van der Waals surface area (Å²) in [6.45, 7) is 2.69. The van der Waals surface area contributed by atoms with E-state index in [9.17, 15) is 9.59 Å². The second kappa shape index (κ2) is 5.35. The zero-order valence-corrected chi connectivity index (χ0v) is 10.4. The molecule has 0 spiro atoms. The Bertz CT molecular complexity index is 486. The molecule has 2 atom stereocenters. The summed E-state index contributed by atoms with van der Waals surface area (Å²) >= 11 is 0. The molecule has 1 fully saturated rings. The molecule has 1 saturated heterocycles. The molecule has 1 aliphatic heterocycles. The van der Waals surface area contributed by atoms with Crippen LogP contribution in [-0.4, -0.2) is 50.3 Å². The molecule has 1 aromatic heterocycles. The summed E-state index contributed by atoms with van der Waals surface area (Å²) in [5.74, 6) is -3.02. The minimum absolute atomic E-state index is 0.174. The number of likely N-dealkylation sites (tertiary alicyclic amines) is 1. The zero-order chi connectivity index (χ0) is 14.0. The number of carboxylic acid groups (broad SMARTS) is 2. The molecule has 1 aliphatic rings. The second-order valence-electron chi connectivity index (χ2n) is 4.63. The summed E-state index contributed by atoms with van der Waals surface area (Å²) < 4.78 is 5.23. The number of hydrogen-bond donors (Lipinski definition) is 2. The molecule has 19 heavy (non-hydrogen) atoms. The molecule has 104 valence electrons. The summed E-state index contributed by atoms with van der Waals surface area (Å²) in [6.07, 6.45) is 0.305. The maximum absolute atomic E-state index is 11.1. The Morgan fingerprint density at radius 1 is 1.32 bits per heavy atom. The van der Waals surface area contributed by atoms with E-state index in [1.54, 1.807) is 6.92 Å². The minimum atomic E-state index is -1.08. The number of carbonyl (C=O) groups is 2. The highest BCUT2D eigenvalue weighted by Crippen LogP contribution is 2.25. The van der Waals surface area contributed by atoms with Crippen molar-refractivity contribution in [2.24, 2.45) is 11.8 Å². The van der Waals surface area contributed by atoms with Crippen molar-refractivity contribution in [3.05, 3.63) is 11.8 Å². The number of aliphatic carboxylic acids is 2. The van der Waals surface area contributed by atoms with Gasteiger partial charge in [0.15, 0.2) is 0 Å². The Kier molecular flexibility index (Phi) is 3.79. The second-order valence-corrected chi connectivity index (χ2v) is 4.63. The topological polar surface area (TPSA) is 117 Å². The average Bonchev–Trinajstić information content (AvgIpc) is 2.74. The summed E-state index contributed by atoms with van der Waals surface area (Å²) in [6, 6.07) is 0. The third kappa shape index (κ3) is 3.08. The first-order chi connectivity index (χ1) is 8.97. The lowest BCUT2D eigenvalue weighted by Crippen LogP contribution is -2.46. The van der Waals surface area contributed by atoms with E-state index in [0.29, 0.717) is 31.3 Å². The molecule has 1 aromatic rings. The van der Waals surface area contributed by atoms with Crippen LogP contribution in [0.15, 0.2) is 4.42 Å². The summed E-state index contributed by atoms with van der Waals surface area (Å²) in [7, 11) is 0. The van der Waals surface area contributed by atoms with Crippen LogP contribution in [0.1, 0.15) is 18.2 Å². The molecule has 2 heterocycles. The van der Waals surface area contributed by atoms with Crippen LogP contribution >= 0.6 is 0 Å². The van der Waals surface area contributed by atoms with Gasteiger partial charge >= 0.3 is 11.9 Å². The van der Waals surface area contributed by atoms with Crippen molar-refractivity contribution in [2.45, 2.75) is 19.9 Å². The lowest BCUT2D eigenvalue weighted by molar-refractivity contribution is -0.157. The number of aromatic nitrogens is 2. The summed E-state index contributed by atoms with van der Waals surface area (Å²) in [5, 5.41) is 25.7. The first-order valence-electron chi connectivity index (χ1n) is 5.94. The van der Waals surface area contributed by atoms with Crippen LogP contribution in [0.25, 0.3) is 0 Å². The van der Waals surface area contributed by atoms with E-state index >= 15 is 0 Å². The van der Waals surface area contributed by atoms with Gasteiger partial charge in [-0.2, -0.15) is 0 Å². The number of hydrogen-bond acceptors (Lipinski definition) is 6. The molecule has 2 rings (SSSR count). The molecule has 0 amide bonds. The highest BCUT2D eigenvalue weighted by Gasteiger charge is 2.38. The van der Waals surface area contributed by atoms with Gasteiger partial charge in [-0.3, -0.25) is 14.5 Å². The van der Waals surface area contributed by atoms with E-state index in [-0.39, 0.29) is 6.54 Å². The van der Waals surface area contributed by atoms with Crippen LogP contribution in [-0.2, 0) is 16.1 Å². The monoisotopic (exact) mass is 269 g/mol. The van der Waals surface area contributed by atoms with Crippen LogP contribution in [0, 0.1) is 18.8 Å². The summed E-state index contributed by atoms with van der Waals surface area (Å²) in [4.78, 5) is 24.0. The van der Waals surface area contributed by atoms with Crippen molar-refractivity contribution in [1.29, 1.82) is 0 Å². The van der Waals surface area contributed by atoms with E-state index in [1.165, 1.54) is 0 Å². The maximum Gasteiger partial charge on any atom is 0.308 e. The average molecular weight is 269 g/mol. The van der Waals surface area contributed by atoms with E-state index < -0.39 is 23.8 Å². The first-order valence-corrected chi connectivity index (χ1v) is 5.94. The van der Waals surface area contributed by atoms with Crippen molar-refractivity contribution >= 4 is 11.9 Å². The molecule has 8 heteroatoms. The number of aryl methyl sites for hydroxylation is 1. The molecule has 8 nitrogen and oxygen atoms in total. The molecule has 0 bridgehead atoms. The van der Waals surface area contributed by atoms with Gasteiger partial charge in [0.1, 0.15) is 0 Å². The van der Waals surface area contributed by atoms with Crippen LogP contribution in [0.4, 0.5) is 0 Å². The van der Waals surface area contributed by atoms with Crippen molar-refractivity contribution in [1.82, 2.24) is 15.1 Å². The Morgan fingerprint density at radius 3 is 2.53 bits per heavy atom. The smallest absolute Gasteiger partial charge is 0.308 e. The first kappa shape index (κ1) is 13.5. The van der Waals surface area contributed by atoms with Crippen LogP contribution in [0.5, 0.6) is 0 Å². The fourth-order valence-corrected chi connectivity index (χ4v) is 2.30. The lowest BCUT2D eigenvalue weighted by Gasteiger charge is -2.33. The van der Waals surface area contributed by atoms with Gasteiger partial charge in [-0.25, -0.2) is 0 Å². The normalized spacial score (nSPS) is 24.3. The van der Waals surface area contributed by atoms with Gasteiger partial charge < -0.3 is 14.6 Å². The maximum atomic E-state index is 11.1. The van der Waals surface area contributed by atoms with Gasteiger partial charge in [-0.05, 0) is 13.0 Å². The van der Waals surface area contributed by atoms with Gasteiger partial charge in [0, 0.05) is 13.5 Å². The molecule has 0 aliphatic carbocycles. The van der Waals surface area contributed by atoms with Gasteiger partial charge in [0.05, 0.1) is 18.4 Å². The lowest BCUT2D eigenvalue weighted by atomic mass is 9.85. The SMILES string of the molecule is Cc1nnc(CN2CCC(C(=O)O)C(C(=O)O)C2)o1. The number of piperidine rings is 1. The molecule has 0 saturated carbocycles. The molecule has 0 radical (unpaired) electrons. The van der Waals surface area contributed by atoms with Crippen molar-refractivity contribution in [2.75, 3.05) is 13.1 Å².